The van der Waals surface area contributed by atoms with Crippen LogP contribution in [0.25, 0.3) is 21.9 Å². The fourth-order valence-corrected chi connectivity index (χ4v) is 3.63. The average Bonchev–Trinajstić information content (AvgIpc) is 2.95. The molecule has 0 radical (unpaired) electrons. The predicted octanol–water partition coefficient (Wildman–Crippen LogP) is 1.77. The van der Waals surface area contributed by atoms with Crippen molar-refractivity contribution in [2.45, 2.75) is 32.9 Å². The topological polar surface area (TPSA) is 126 Å². The predicted molar refractivity (Wildman–Crippen MR) is 102 cm³/mol. The van der Waals surface area contributed by atoms with Crippen LogP contribution in [0.15, 0.2) is 24.3 Å². The second-order valence-electron chi connectivity index (χ2n) is 6.10. The Morgan fingerprint density at radius 2 is 1.96 bits per heavy atom. The van der Waals surface area contributed by atoms with Crippen molar-refractivity contribution in [1.29, 1.82) is 0 Å². The van der Waals surface area contributed by atoms with Gasteiger partial charge in [-0.2, -0.15) is 0 Å². The van der Waals surface area contributed by atoms with Gasteiger partial charge in [0.15, 0.2) is 5.82 Å². The average molecular weight is 377 g/mol. The Morgan fingerprint density at radius 1 is 1.19 bits per heavy atom. The van der Waals surface area contributed by atoms with E-state index < -0.39 is 10.0 Å². The van der Waals surface area contributed by atoms with Crippen molar-refractivity contribution in [2.24, 2.45) is 5.14 Å². The Labute approximate surface area is 152 Å². The molecule has 3 rings (SSSR count). The number of nitrogen functional groups attached to an aromatic ring is 1. The molecule has 0 saturated carbocycles. The number of para-hydroxylation sites is 1. The van der Waals surface area contributed by atoms with E-state index in [9.17, 15) is 8.42 Å². The van der Waals surface area contributed by atoms with Gasteiger partial charge in [-0.1, -0.05) is 18.2 Å². The van der Waals surface area contributed by atoms with Gasteiger partial charge in [-0.05, 0) is 25.8 Å². The number of imidazole rings is 1. The molecule has 4 N–H and O–H groups in total. The van der Waals surface area contributed by atoms with E-state index in [2.05, 4.69) is 14.5 Å². The highest BCUT2D eigenvalue weighted by molar-refractivity contribution is 7.89. The normalized spacial score (nSPS) is 12.2. The van der Waals surface area contributed by atoms with Gasteiger partial charge in [0.05, 0.1) is 16.8 Å². The first-order valence-electron chi connectivity index (χ1n) is 8.52. The summed E-state index contributed by atoms with van der Waals surface area (Å²) in [6.45, 7) is 3.45. The lowest BCUT2D eigenvalue weighted by Crippen LogP contribution is -2.17. The van der Waals surface area contributed by atoms with Crippen LogP contribution in [-0.2, 0) is 27.9 Å². The number of hydrogen-bond donors (Lipinski definition) is 2. The van der Waals surface area contributed by atoms with E-state index >= 15 is 0 Å². The van der Waals surface area contributed by atoms with Crippen LogP contribution >= 0.6 is 0 Å². The maximum Gasteiger partial charge on any atom is 0.209 e. The SMILES string of the molecule is CCOCc1nc2c(N)nc3ccccc3c2n1CCCCS(N)(=O)=O. The number of fused-ring (bicyclic) bond motifs is 3. The third-order valence-electron chi connectivity index (χ3n) is 4.19. The number of aromatic nitrogens is 3. The Hall–Kier alpha value is -2.23. The van der Waals surface area contributed by atoms with Crippen LogP contribution in [0.5, 0.6) is 0 Å². The lowest BCUT2D eigenvalue weighted by atomic mass is 10.2. The van der Waals surface area contributed by atoms with E-state index in [-0.39, 0.29) is 5.75 Å². The minimum atomic E-state index is -3.45. The fourth-order valence-electron chi connectivity index (χ4n) is 3.02. The molecule has 26 heavy (non-hydrogen) atoms. The zero-order chi connectivity index (χ0) is 18.7. The molecule has 0 saturated heterocycles. The molecule has 1 aromatic carbocycles. The molecule has 0 aliphatic heterocycles. The van der Waals surface area contributed by atoms with Crippen molar-refractivity contribution < 1.29 is 13.2 Å². The number of benzene rings is 1. The summed E-state index contributed by atoms with van der Waals surface area (Å²) in [4.78, 5) is 9.07. The largest absolute Gasteiger partial charge is 0.382 e. The Kier molecular flexibility index (Phi) is 5.40. The summed E-state index contributed by atoms with van der Waals surface area (Å²) in [5.41, 5.74) is 8.46. The molecule has 0 bridgehead atoms. The molecule has 0 aliphatic carbocycles. The second-order valence-corrected chi connectivity index (χ2v) is 7.84. The summed E-state index contributed by atoms with van der Waals surface area (Å²) in [5, 5.41) is 6.04. The maximum absolute atomic E-state index is 11.1. The number of sulfonamides is 1. The molecule has 0 fully saturated rings. The molecule has 9 heteroatoms. The number of unbranched alkanes of at least 4 members (excludes halogenated alkanes) is 1. The van der Waals surface area contributed by atoms with Gasteiger partial charge in [0.2, 0.25) is 10.0 Å². The van der Waals surface area contributed by atoms with Crippen LogP contribution in [0, 0.1) is 0 Å². The summed E-state index contributed by atoms with van der Waals surface area (Å²) in [6, 6.07) is 7.75. The van der Waals surface area contributed by atoms with Gasteiger partial charge in [0, 0.05) is 18.5 Å². The number of nitrogens with two attached hydrogens (primary N) is 2. The van der Waals surface area contributed by atoms with Crippen LogP contribution in [0.2, 0.25) is 0 Å². The minimum absolute atomic E-state index is 0.0368. The first-order chi connectivity index (χ1) is 12.4. The van der Waals surface area contributed by atoms with Gasteiger partial charge < -0.3 is 15.0 Å². The molecular formula is C17H23N5O3S. The summed E-state index contributed by atoms with van der Waals surface area (Å²) in [7, 11) is -3.45. The number of primary sulfonamides is 1. The molecule has 2 aromatic heterocycles. The molecule has 0 unspecified atom stereocenters. The lowest BCUT2D eigenvalue weighted by Gasteiger charge is -2.11. The van der Waals surface area contributed by atoms with E-state index in [1.165, 1.54) is 0 Å². The van der Waals surface area contributed by atoms with E-state index in [4.69, 9.17) is 15.6 Å². The molecule has 140 valence electrons. The zero-order valence-corrected chi connectivity index (χ0v) is 15.5. The highest BCUT2D eigenvalue weighted by Gasteiger charge is 2.17. The highest BCUT2D eigenvalue weighted by atomic mass is 32.2. The van der Waals surface area contributed by atoms with Gasteiger partial charge in [-0.3, -0.25) is 0 Å². The van der Waals surface area contributed by atoms with Crippen LogP contribution in [0.3, 0.4) is 0 Å². The lowest BCUT2D eigenvalue weighted by molar-refractivity contribution is 0.126. The van der Waals surface area contributed by atoms with Crippen molar-refractivity contribution in [3.63, 3.8) is 0 Å². The fraction of sp³-hybridized carbons (Fsp3) is 0.412. The van der Waals surface area contributed by atoms with Crippen molar-refractivity contribution in [2.75, 3.05) is 18.1 Å². The van der Waals surface area contributed by atoms with Crippen LogP contribution < -0.4 is 10.9 Å². The number of nitrogens with zero attached hydrogens (tertiary/aromatic N) is 3. The zero-order valence-electron chi connectivity index (χ0n) is 14.7. The van der Waals surface area contributed by atoms with E-state index in [1.807, 2.05) is 31.2 Å². The summed E-state index contributed by atoms with van der Waals surface area (Å²) in [6.07, 6.45) is 1.13. The van der Waals surface area contributed by atoms with Gasteiger partial charge in [-0.15, -0.1) is 0 Å². The van der Waals surface area contributed by atoms with Gasteiger partial charge >= 0.3 is 0 Å². The van der Waals surface area contributed by atoms with E-state index in [1.54, 1.807) is 0 Å². The number of anilines is 1. The molecule has 8 nitrogen and oxygen atoms in total. The Bertz CT molecular complexity index is 1030. The van der Waals surface area contributed by atoms with Gasteiger partial charge in [0.25, 0.3) is 0 Å². The van der Waals surface area contributed by atoms with Crippen molar-refractivity contribution >= 4 is 37.8 Å². The molecular weight excluding hydrogens is 354 g/mol. The van der Waals surface area contributed by atoms with Crippen LogP contribution in [0.4, 0.5) is 5.82 Å². The number of hydrogen-bond acceptors (Lipinski definition) is 6. The smallest absolute Gasteiger partial charge is 0.209 e. The molecule has 0 aliphatic rings. The standard InChI is InChI=1S/C17H23N5O3S/c1-2-25-11-14-21-15-16(22(14)9-5-6-10-26(19,23)24)12-7-3-4-8-13(12)20-17(15)18/h3-4,7-8H,2,5-6,9-11H2,1H3,(H2,18,20)(H2,19,23,24). The maximum atomic E-state index is 11.1. The Morgan fingerprint density at radius 3 is 2.69 bits per heavy atom. The van der Waals surface area contributed by atoms with Gasteiger partial charge in [-0.25, -0.2) is 23.5 Å². The first-order valence-corrected chi connectivity index (χ1v) is 10.2. The minimum Gasteiger partial charge on any atom is -0.382 e. The third kappa shape index (κ3) is 3.95. The van der Waals surface area contributed by atoms with Crippen LogP contribution in [-0.4, -0.2) is 35.3 Å². The molecule has 0 atom stereocenters. The molecule has 0 amide bonds. The van der Waals surface area contributed by atoms with Crippen molar-refractivity contribution in [3.8, 4) is 0 Å². The molecule has 2 heterocycles. The van der Waals surface area contributed by atoms with E-state index in [0.29, 0.717) is 43.9 Å². The number of ether oxygens (including phenoxy) is 1. The summed E-state index contributed by atoms with van der Waals surface area (Å²) >= 11 is 0. The quantitative estimate of drug-likeness (QED) is 0.576. The van der Waals surface area contributed by atoms with Crippen LogP contribution in [0.1, 0.15) is 25.6 Å². The third-order valence-corrected chi connectivity index (χ3v) is 5.04. The highest BCUT2D eigenvalue weighted by Crippen LogP contribution is 2.29. The number of pyridine rings is 1. The monoisotopic (exact) mass is 377 g/mol. The second kappa shape index (κ2) is 7.56. The molecule has 0 spiro atoms. The summed E-state index contributed by atoms with van der Waals surface area (Å²) < 4.78 is 29.9. The van der Waals surface area contributed by atoms with Crippen molar-refractivity contribution in [1.82, 2.24) is 14.5 Å². The number of aryl methyl sites for hydroxylation is 1. The number of rotatable bonds is 8. The first kappa shape index (κ1) is 18.6. The Balaban J connectivity index is 2.04. The van der Waals surface area contributed by atoms with Gasteiger partial charge in [0.1, 0.15) is 17.9 Å². The molecule has 3 aromatic rings. The van der Waals surface area contributed by atoms with E-state index in [0.717, 1.165) is 22.2 Å². The van der Waals surface area contributed by atoms with Crippen molar-refractivity contribution in [3.05, 3.63) is 30.1 Å². The summed E-state index contributed by atoms with van der Waals surface area (Å²) in [5.74, 6) is 1.09.